The summed E-state index contributed by atoms with van der Waals surface area (Å²) in [5.41, 5.74) is 0. The van der Waals surface area contributed by atoms with Crippen molar-refractivity contribution in [3.05, 3.63) is 28.3 Å². The topological polar surface area (TPSA) is 68.5 Å². The molecule has 6 nitrogen and oxygen atoms in total. The van der Waals surface area contributed by atoms with Gasteiger partial charge in [0, 0.05) is 24.0 Å². The lowest BCUT2D eigenvalue weighted by Crippen LogP contribution is -2.41. The van der Waals surface area contributed by atoms with Crippen LogP contribution in [0.5, 0.6) is 0 Å². The van der Waals surface area contributed by atoms with Crippen molar-refractivity contribution < 1.29 is 13.9 Å². The fraction of sp³-hybridized carbons (Fsp3) is 0.357. The number of thioether (sulfide) groups is 1. The second kappa shape index (κ2) is 7.57. The summed E-state index contributed by atoms with van der Waals surface area (Å²) in [4.78, 5) is 14.9. The molecule has 0 aliphatic carbocycles. The van der Waals surface area contributed by atoms with Gasteiger partial charge in [-0.1, -0.05) is 17.8 Å². The Hall–Kier alpha value is -1.64. The quantitative estimate of drug-likeness (QED) is 0.780. The molecule has 3 heterocycles. The predicted octanol–water partition coefficient (Wildman–Crippen LogP) is 2.25. The van der Waals surface area contributed by atoms with E-state index < -0.39 is 0 Å². The van der Waals surface area contributed by atoms with E-state index in [4.69, 9.17) is 9.15 Å². The van der Waals surface area contributed by atoms with Crippen molar-refractivity contribution >= 4 is 41.2 Å². The summed E-state index contributed by atoms with van der Waals surface area (Å²) in [5, 5.41) is 10.3. The van der Waals surface area contributed by atoms with Crippen LogP contribution in [0.4, 0.5) is 0 Å². The van der Waals surface area contributed by atoms with Gasteiger partial charge in [-0.05, 0) is 17.5 Å². The van der Waals surface area contributed by atoms with Gasteiger partial charge in [0.2, 0.25) is 11.8 Å². The van der Waals surface area contributed by atoms with Crippen LogP contribution in [0.3, 0.4) is 0 Å². The van der Waals surface area contributed by atoms with E-state index in [2.05, 4.69) is 10.2 Å². The smallest absolute Gasteiger partial charge is 0.277 e. The molecule has 0 bridgehead atoms. The molecule has 3 rings (SSSR count). The van der Waals surface area contributed by atoms with Crippen molar-refractivity contribution in [2.75, 3.05) is 32.1 Å². The van der Waals surface area contributed by atoms with Gasteiger partial charge in [-0.3, -0.25) is 4.79 Å². The maximum Gasteiger partial charge on any atom is 0.277 e. The predicted molar refractivity (Wildman–Crippen MR) is 85.7 cm³/mol. The number of carbonyl (C=O) groups excluding carboxylic acids is 1. The number of hydrogen-bond donors (Lipinski definition) is 0. The monoisotopic (exact) mass is 337 g/mol. The van der Waals surface area contributed by atoms with E-state index in [1.165, 1.54) is 11.8 Å². The van der Waals surface area contributed by atoms with E-state index in [1.54, 1.807) is 22.3 Å². The minimum Gasteiger partial charge on any atom is -0.412 e. The van der Waals surface area contributed by atoms with Crippen LogP contribution in [0.2, 0.25) is 0 Å². The first-order valence-electron chi connectivity index (χ1n) is 6.85. The molecule has 1 amide bonds. The summed E-state index contributed by atoms with van der Waals surface area (Å²) >= 11 is 2.90. The van der Waals surface area contributed by atoms with Gasteiger partial charge in [0.25, 0.3) is 5.22 Å². The Balaban J connectivity index is 1.50. The van der Waals surface area contributed by atoms with Crippen molar-refractivity contribution in [1.29, 1.82) is 0 Å². The Morgan fingerprint density at radius 3 is 3.00 bits per heavy atom. The minimum absolute atomic E-state index is 0.0715. The number of amides is 1. The van der Waals surface area contributed by atoms with Crippen molar-refractivity contribution in [3.8, 4) is 0 Å². The summed E-state index contributed by atoms with van der Waals surface area (Å²) in [7, 11) is 0. The summed E-state index contributed by atoms with van der Waals surface area (Å²) in [6, 6.07) is 3.99. The second-order valence-corrected chi connectivity index (χ2v) is 6.44. The molecular weight excluding hydrogens is 322 g/mol. The van der Waals surface area contributed by atoms with Crippen LogP contribution >= 0.6 is 23.1 Å². The maximum absolute atomic E-state index is 12.0. The summed E-state index contributed by atoms with van der Waals surface area (Å²) in [6.07, 6.45) is 3.69. The van der Waals surface area contributed by atoms with E-state index in [0.717, 1.165) is 4.88 Å². The molecular formula is C14H15N3O3S2. The molecule has 0 saturated carbocycles. The van der Waals surface area contributed by atoms with Crippen LogP contribution in [0, 0.1) is 0 Å². The lowest BCUT2D eigenvalue weighted by Gasteiger charge is -2.26. The van der Waals surface area contributed by atoms with E-state index in [0.29, 0.717) is 43.2 Å². The van der Waals surface area contributed by atoms with Crippen molar-refractivity contribution in [3.63, 3.8) is 0 Å². The number of ether oxygens (including phenoxy) is 1. The van der Waals surface area contributed by atoms with Crippen molar-refractivity contribution in [1.82, 2.24) is 15.1 Å². The third-order valence-corrected chi connectivity index (χ3v) is 4.68. The zero-order valence-electron chi connectivity index (χ0n) is 11.8. The first-order chi connectivity index (χ1) is 10.8. The van der Waals surface area contributed by atoms with Gasteiger partial charge in [-0.2, -0.15) is 0 Å². The number of nitrogens with zero attached hydrogens (tertiary/aromatic N) is 3. The Labute approximate surface area is 136 Å². The van der Waals surface area contributed by atoms with Crippen LogP contribution in [0.25, 0.3) is 12.2 Å². The van der Waals surface area contributed by atoms with Gasteiger partial charge in [0.05, 0.1) is 19.0 Å². The molecule has 1 aliphatic rings. The molecule has 8 heteroatoms. The van der Waals surface area contributed by atoms with Gasteiger partial charge < -0.3 is 14.1 Å². The molecule has 2 aromatic heterocycles. The highest BCUT2D eigenvalue weighted by Crippen LogP contribution is 2.19. The highest BCUT2D eigenvalue weighted by Gasteiger charge is 2.17. The second-order valence-electron chi connectivity index (χ2n) is 4.54. The summed E-state index contributed by atoms with van der Waals surface area (Å²) in [5.74, 6) is 0.813. The molecule has 2 aromatic rings. The fourth-order valence-corrected chi connectivity index (χ4v) is 3.20. The van der Waals surface area contributed by atoms with E-state index in [1.807, 2.05) is 23.6 Å². The molecule has 0 spiro atoms. The van der Waals surface area contributed by atoms with Gasteiger partial charge in [-0.25, -0.2) is 0 Å². The molecule has 0 atom stereocenters. The molecule has 22 heavy (non-hydrogen) atoms. The molecule has 0 radical (unpaired) electrons. The average Bonchev–Trinajstić information content (AvgIpc) is 3.23. The molecule has 1 fully saturated rings. The van der Waals surface area contributed by atoms with Gasteiger partial charge in [0.15, 0.2) is 0 Å². The zero-order chi connectivity index (χ0) is 15.2. The third-order valence-electron chi connectivity index (χ3n) is 3.04. The standard InChI is InChI=1S/C14H15N3O3S2/c18-13(17-5-7-19-8-6-17)10-22-14-16-15-12(20-14)4-3-11-2-1-9-21-11/h1-4,9H,5-8,10H2/b4-3+. The number of carbonyl (C=O) groups is 1. The van der Waals surface area contributed by atoms with E-state index in [9.17, 15) is 4.79 Å². The lowest BCUT2D eigenvalue weighted by atomic mass is 10.4. The first kappa shape index (κ1) is 15.3. The Morgan fingerprint density at radius 2 is 2.23 bits per heavy atom. The van der Waals surface area contributed by atoms with Crippen molar-refractivity contribution in [2.45, 2.75) is 5.22 Å². The normalized spacial score (nSPS) is 15.5. The van der Waals surface area contributed by atoms with Crippen LogP contribution in [0.1, 0.15) is 10.8 Å². The summed E-state index contributed by atoms with van der Waals surface area (Å²) < 4.78 is 10.7. The zero-order valence-corrected chi connectivity index (χ0v) is 13.4. The van der Waals surface area contributed by atoms with E-state index >= 15 is 0 Å². The molecule has 116 valence electrons. The van der Waals surface area contributed by atoms with Gasteiger partial charge in [-0.15, -0.1) is 21.5 Å². The molecule has 0 unspecified atom stereocenters. The number of thiophene rings is 1. The number of aromatic nitrogens is 2. The first-order valence-corrected chi connectivity index (χ1v) is 8.71. The SMILES string of the molecule is O=C(CSc1nnc(/C=C/c2cccs2)o1)N1CCOCC1. The summed E-state index contributed by atoms with van der Waals surface area (Å²) in [6.45, 7) is 2.51. The Bertz CT molecular complexity index is 634. The molecule has 0 N–H and O–H groups in total. The number of hydrogen-bond acceptors (Lipinski definition) is 7. The van der Waals surface area contributed by atoms with Crippen LogP contribution in [-0.2, 0) is 9.53 Å². The van der Waals surface area contributed by atoms with Gasteiger partial charge in [0.1, 0.15) is 0 Å². The Morgan fingerprint density at radius 1 is 1.36 bits per heavy atom. The largest absolute Gasteiger partial charge is 0.412 e. The highest BCUT2D eigenvalue weighted by atomic mass is 32.2. The van der Waals surface area contributed by atoms with Gasteiger partial charge >= 0.3 is 0 Å². The van der Waals surface area contributed by atoms with Crippen molar-refractivity contribution in [2.24, 2.45) is 0 Å². The van der Waals surface area contributed by atoms with Crippen LogP contribution < -0.4 is 0 Å². The van der Waals surface area contributed by atoms with Crippen LogP contribution in [-0.4, -0.2) is 53.1 Å². The Kier molecular flexibility index (Phi) is 5.25. The average molecular weight is 337 g/mol. The maximum atomic E-state index is 12.0. The lowest BCUT2D eigenvalue weighted by molar-refractivity contribution is -0.132. The van der Waals surface area contributed by atoms with Crippen LogP contribution in [0.15, 0.2) is 27.2 Å². The third kappa shape index (κ3) is 4.19. The molecule has 1 aliphatic heterocycles. The minimum atomic E-state index is 0.0715. The van der Waals surface area contributed by atoms with E-state index in [-0.39, 0.29) is 5.91 Å². The molecule has 0 aromatic carbocycles. The number of rotatable bonds is 5. The number of morpholine rings is 1. The molecule has 1 saturated heterocycles. The fourth-order valence-electron chi connectivity index (χ4n) is 1.91. The highest BCUT2D eigenvalue weighted by molar-refractivity contribution is 7.99.